The van der Waals surface area contributed by atoms with Crippen LogP contribution in [0.3, 0.4) is 0 Å². The van der Waals surface area contributed by atoms with Crippen molar-refractivity contribution < 1.29 is 14.3 Å². The molecule has 4 nitrogen and oxygen atoms in total. The number of rotatable bonds is 2. The van der Waals surface area contributed by atoms with Gasteiger partial charge in [-0.15, -0.1) is 0 Å². The number of halogens is 1. The molecule has 0 saturated heterocycles. The molecule has 8 atom stereocenters. The fourth-order valence-electron chi connectivity index (χ4n) is 7.60. The quantitative estimate of drug-likeness (QED) is 0.661. The number of carbonyl (C=O) groups is 1. The number of hydrogen-bond acceptors (Lipinski definition) is 4. The van der Waals surface area contributed by atoms with E-state index in [0.29, 0.717) is 36.1 Å². The van der Waals surface area contributed by atoms with Gasteiger partial charge in [0.15, 0.2) is 5.78 Å². The molecule has 5 aliphatic carbocycles. The summed E-state index contributed by atoms with van der Waals surface area (Å²) in [6, 6.07) is 0. The first-order chi connectivity index (χ1) is 13.9. The van der Waals surface area contributed by atoms with Crippen molar-refractivity contribution in [2.75, 3.05) is 13.7 Å². The molecule has 0 aromatic heterocycles. The summed E-state index contributed by atoms with van der Waals surface area (Å²) in [5.41, 5.74) is 3.69. The Hall–Kier alpha value is -1.23. The second-order valence-corrected chi connectivity index (χ2v) is 10.6. The number of aliphatic imine (C=N–C) groups is 1. The Bertz CT molecular complexity index is 932. The molecule has 2 saturated carbocycles. The van der Waals surface area contributed by atoms with E-state index in [2.05, 4.69) is 31.0 Å². The van der Waals surface area contributed by atoms with E-state index < -0.39 is 6.41 Å². The lowest BCUT2D eigenvalue weighted by Crippen LogP contribution is -2.50. The highest BCUT2D eigenvalue weighted by molar-refractivity contribution is 6.32. The summed E-state index contributed by atoms with van der Waals surface area (Å²) in [5, 5.41) is 0.825. The minimum Gasteiger partial charge on any atom is -0.337 e. The average molecular weight is 414 g/mol. The second kappa shape index (κ2) is 5.93. The standard InChI is InChI=1S/C24H28ClNO3/c1-23-7-6-15-12(14(23)4-5-16(23)20-11-29-22(26-20)28-3)9-19(25)18-10-21(27)13-8-17(13)24(15,18)2/h5,9-10,12-15,17,22H,4,6-8,11H2,1-3H3/t12-,13+,14-,15-,17-,22?,23-,24-/m0/s1. The molecule has 5 heteroatoms. The third kappa shape index (κ3) is 2.29. The zero-order chi connectivity index (χ0) is 20.1. The van der Waals surface area contributed by atoms with Crippen molar-refractivity contribution in [1.82, 2.24) is 0 Å². The first-order valence-corrected chi connectivity index (χ1v) is 11.3. The molecule has 6 aliphatic rings. The Morgan fingerprint density at radius 1 is 1.24 bits per heavy atom. The number of nitrogens with zero attached hydrogens (tertiary/aromatic N) is 1. The van der Waals surface area contributed by atoms with Crippen LogP contribution in [0.4, 0.5) is 0 Å². The van der Waals surface area contributed by atoms with Crippen LogP contribution in [0.15, 0.2) is 39.4 Å². The van der Waals surface area contributed by atoms with E-state index in [9.17, 15) is 4.79 Å². The molecule has 0 spiro atoms. The molecule has 154 valence electrons. The van der Waals surface area contributed by atoms with Crippen LogP contribution in [-0.2, 0) is 14.3 Å². The average Bonchev–Trinajstić information content (AvgIpc) is 3.26. The molecule has 2 fully saturated rings. The first-order valence-electron chi connectivity index (χ1n) is 10.9. The van der Waals surface area contributed by atoms with E-state index in [0.717, 1.165) is 35.6 Å². The fraction of sp³-hybridized carbons (Fsp3) is 0.667. The SMILES string of the molecule is COC1N=C(C2=CC[C@H]3[C@@H]4C=C(Cl)C5=CC(=O)[C@@H]6C[C@@H]6[C@]5(C)[C@H]4CC[C@]23C)CO1. The predicted molar refractivity (Wildman–Crippen MR) is 111 cm³/mol. The van der Waals surface area contributed by atoms with Crippen LogP contribution < -0.4 is 0 Å². The Morgan fingerprint density at radius 3 is 2.83 bits per heavy atom. The lowest BCUT2D eigenvalue weighted by atomic mass is 9.48. The summed E-state index contributed by atoms with van der Waals surface area (Å²) in [6.07, 6.45) is 10.5. The molecule has 6 rings (SSSR count). The van der Waals surface area contributed by atoms with Gasteiger partial charge in [-0.1, -0.05) is 37.6 Å². The van der Waals surface area contributed by atoms with Crippen molar-refractivity contribution in [3.63, 3.8) is 0 Å². The van der Waals surface area contributed by atoms with E-state index in [1.165, 1.54) is 12.0 Å². The van der Waals surface area contributed by atoms with Gasteiger partial charge in [-0.3, -0.25) is 4.79 Å². The van der Waals surface area contributed by atoms with Gasteiger partial charge in [0.1, 0.15) is 0 Å². The molecule has 0 bridgehead atoms. The van der Waals surface area contributed by atoms with Crippen LogP contribution in [-0.4, -0.2) is 31.6 Å². The molecule has 0 amide bonds. The van der Waals surface area contributed by atoms with Crippen LogP contribution in [0.1, 0.15) is 39.5 Å². The number of ether oxygens (including phenoxy) is 2. The van der Waals surface area contributed by atoms with Gasteiger partial charge in [-0.2, -0.15) is 0 Å². The third-order valence-electron chi connectivity index (χ3n) is 9.21. The van der Waals surface area contributed by atoms with E-state index in [4.69, 9.17) is 21.1 Å². The van der Waals surface area contributed by atoms with Crippen molar-refractivity contribution in [2.45, 2.75) is 45.9 Å². The Morgan fingerprint density at radius 2 is 2.07 bits per heavy atom. The molecular weight excluding hydrogens is 386 g/mol. The number of ketones is 1. The van der Waals surface area contributed by atoms with Crippen LogP contribution >= 0.6 is 11.6 Å². The lowest BCUT2D eigenvalue weighted by Gasteiger charge is -2.56. The van der Waals surface area contributed by atoms with Gasteiger partial charge in [0.05, 0.1) is 12.3 Å². The topological polar surface area (TPSA) is 47.9 Å². The molecule has 1 aliphatic heterocycles. The summed E-state index contributed by atoms with van der Waals surface area (Å²) in [4.78, 5) is 17.1. The molecule has 29 heavy (non-hydrogen) atoms. The van der Waals surface area contributed by atoms with E-state index in [1.54, 1.807) is 7.11 Å². The maximum absolute atomic E-state index is 12.4. The Kier molecular flexibility index (Phi) is 3.79. The van der Waals surface area contributed by atoms with Gasteiger partial charge >= 0.3 is 0 Å². The van der Waals surface area contributed by atoms with Gasteiger partial charge in [0.25, 0.3) is 6.41 Å². The minimum absolute atomic E-state index is 0.0499. The van der Waals surface area contributed by atoms with Crippen molar-refractivity contribution in [1.29, 1.82) is 0 Å². The number of fused-ring (bicyclic) bond motifs is 7. The molecule has 0 aromatic carbocycles. The van der Waals surface area contributed by atoms with Crippen LogP contribution in [0, 0.1) is 40.4 Å². The number of allylic oxidation sites excluding steroid dienone is 5. The molecular formula is C24H28ClNO3. The summed E-state index contributed by atoms with van der Waals surface area (Å²) < 4.78 is 10.9. The molecule has 0 aromatic rings. The second-order valence-electron chi connectivity index (χ2n) is 10.2. The Labute approximate surface area is 177 Å². The summed E-state index contributed by atoms with van der Waals surface area (Å²) in [6.45, 7) is 5.34. The van der Waals surface area contributed by atoms with Gasteiger partial charge in [-0.05, 0) is 72.0 Å². The summed E-state index contributed by atoms with van der Waals surface area (Å²) in [5.74, 6) is 2.57. The highest BCUT2D eigenvalue weighted by Crippen LogP contribution is 2.71. The van der Waals surface area contributed by atoms with E-state index >= 15 is 0 Å². The van der Waals surface area contributed by atoms with Gasteiger partial charge in [0.2, 0.25) is 0 Å². The number of hydrogen-bond donors (Lipinski definition) is 0. The van der Waals surface area contributed by atoms with Gasteiger partial charge < -0.3 is 9.47 Å². The lowest BCUT2D eigenvalue weighted by molar-refractivity contribution is -0.117. The zero-order valence-corrected chi connectivity index (χ0v) is 18.0. The normalized spacial score (nSPS) is 49.9. The van der Waals surface area contributed by atoms with Crippen LogP contribution in [0.25, 0.3) is 0 Å². The monoisotopic (exact) mass is 413 g/mol. The summed E-state index contributed by atoms with van der Waals surface area (Å²) >= 11 is 6.85. The molecule has 0 N–H and O–H groups in total. The van der Waals surface area contributed by atoms with Crippen molar-refractivity contribution in [3.05, 3.63) is 34.4 Å². The smallest absolute Gasteiger partial charge is 0.258 e. The van der Waals surface area contributed by atoms with Gasteiger partial charge in [-0.25, -0.2) is 4.99 Å². The largest absolute Gasteiger partial charge is 0.337 e. The van der Waals surface area contributed by atoms with Crippen LogP contribution in [0.2, 0.25) is 0 Å². The van der Waals surface area contributed by atoms with E-state index in [1.807, 2.05) is 6.08 Å². The highest BCUT2D eigenvalue weighted by atomic mass is 35.5. The summed E-state index contributed by atoms with van der Waals surface area (Å²) in [7, 11) is 1.64. The van der Waals surface area contributed by atoms with Crippen LogP contribution in [0.5, 0.6) is 0 Å². The van der Waals surface area contributed by atoms with E-state index in [-0.39, 0.29) is 16.7 Å². The number of carbonyl (C=O) groups excluding carboxylic acids is 1. The van der Waals surface area contributed by atoms with Crippen molar-refractivity contribution >= 4 is 23.1 Å². The Balaban J connectivity index is 1.38. The third-order valence-corrected chi connectivity index (χ3v) is 9.54. The van der Waals surface area contributed by atoms with Gasteiger partial charge in [0, 0.05) is 23.5 Å². The maximum atomic E-state index is 12.4. The molecule has 1 heterocycles. The van der Waals surface area contributed by atoms with Crippen molar-refractivity contribution in [3.8, 4) is 0 Å². The minimum atomic E-state index is -0.466. The zero-order valence-electron chi connectivity index (χ0n) is 17.3. The predicted octanol–water partition coefficient (Wildman–Crippen LogP) is 4.65. The molecule has 0 radical (unpaired) electrons. The maximum Gasteiger partial charge on any atom is 0.258 e. The fourth-order valence-corrected chi connectivity index (χ4v) is 8.01. The first kappa shape index (κ1) is 18.5. The number of methoxy groups -OCH3 is 1. The highest BCUT2D eigenvalue weighted by Gasteiger charge is 2.65. The van der Waals surface area contributed by atoms with Crippen molar-refractivity contribution in [2.24, 2.45) is 45.4 Å². The molecule has 1 unspecified atom stereocenters.